The van der Waals surface area contributed by atoms with Crippen LogP contribution >= 0.6 is 11.3 Å². The van der Waals surface area contributed by atoms with E-state index < -0.39 is 0 Å². The third-order valence-corrected chi connectivity index (χ3v) is 4.01. The van der Waals surface area contributed by atoms with Gasteiger partial charge in [-0.1, -0.05) is 12.5 Å². The first-order valence-corrected chi connectivity index (χ1v) is 6.56. The summed E-state index contributed by atoms with van der Waals surface area (Å²) in [6.45, 7) is 2.48. The summed E-state index contributed by atoms with van der Waals surface area (Å²) >= 11 is 1.90. The number of rotatable bonds is 4. The van der Waals surface area contributed by atoms with E-state index >= 15 is 0 Å². The van der Waals surface area contributed by atoms with Crippen LogP contribution in [-0.2, 0) is 6.42 Å². The van der Waals surface area contributed by atoms with E-state index in [0.29, 0.717) is 0 Å². The van der Waals surface area contributed by atoms with Gasteiger partial charge in [0.05, 0.1) is 0 Å². The van der Waals surface area contributed by atoms with Crippen LogP contribution in [0.3, 0.4) is 0 Å². The van der Waals surface area contributed by atoms with E-state index in [1.54, 1.807) is 4.88 Å². The van der Waals surface area contributed by atoms with E-state index in [1.165, 1.54) is 45.2 Å². The Morgan fingerprint density at radius 1 is 1.36 bits per heavy atom. The molecule has 1 aromatic rings. The Bertz CT molecular complexity index is 237. The lowest BCUT2D eigenvalue weighted by atomic mass is 9.92. The zero-order valence-corrected chi connectivity index (χ0v) is 9.48. The Morgan fingerprint density at radius 3 is 2.93 bits per heavy atom. The number of aryl methyl sites for hydroxylation is 1. The molecule has 14 heavy (non-hydrogen) atoms. The zero-order valence-electron chi connectivity index (χ0n) is 8.67. The van der Waals surface area contributed by atoms with E-state index in [1.807, 2.05) is 11.3 Å². The van der Waals surface area contributed by atoms with Crippen molar-refractivity contribution in [1.82, 2.24) is 5.32 Å². The van der Waals surface area contributed by atoms with Crippen LogP contribution in [0.4, 0.5) is 0 Å². The van der Waals surface area contributed by atoms with Gasteiger partial charge in [-0.25, -0.2) is 0 Å². The van der Waals surface area contributed by atoms with E-state index in [-0.39, 0.29) is 0 Å². The van der Waals surface area contributed by atoms with Gasteiger partial charge in [0, 0.05) is 4.88 Å². The summed E-state index contributed by atoms with van der Waals surface area (Å²) in [6, 6.07) is 4.41. The van der Waals surface area contributed by atoms with Crippen LogP contribution in [0.2, 0.25) is 0 Å². The third-order valence-electron chi connectivity index (χ3n) is 3.07. The monoisotopic (exact) mass is 209 g/mol. The van der Waals surface area contributed by atoms with Gasteiger partial charge in [-0.2, -0.15) is 0 Å². The lowest BCUT2D eigenvalue weighted by Crippen LogP contribution is -2.27. The quantitative estimate of drug-likeness (QED) is 0.803. The fourth-order valence-corrected chi connectivity index (χ4v) is 2.94. The van der Waals surface area contributed by atoms with Crippen molar-refractivity contribution in [3.8, 4) is 0 Å². The number of nitrogens with one attached hydrogen (secondary N) is 1. The second-order valence-electron chi connectivity index (χ2n) is 4.16. The Hall–Kier alpha value is -0.340. The maximum Gasteiger partial charge on any atom is 0.00452 e. The van der Waals surface area contributed by atoms with E-state index in [9.17, 15) is 0 Å². The van der Waals surface area contributed by atoms with Crippen LogP contribution < -0.4 is 5.32 Å². The Morgan fingerprint density at radius 2 is 2.21 bits per heavy atom. The number of thiophene rings is 1. The first kappa shape index (κ1) is 10.2. The maximum absolute atomic E-state index is 3.42. The highest BCUT2D eigenvalue weighted by atomic mass is 32.1. The van der Waals surface area contributed by atoms with Gasteiger partial charge in [0.25, 0.3) is 0 Å². The van der Waals surface area contributed by atoms with Crippen molar-refractivity contribution in [2.75, 3.05) is 13.1 Å². The molecule has 0 aliphatic carbocycles. The lowest BCUT2D eigenvalue weighted by molar-refractivity contribution is 0.347. The van der Waals surface area contributed by atoms with Crippen molar-refractivity contribution in [3.05, 3.63) is 22.4 Å². The average Bonchev–Trinajstić information content (AvgIpc) is 2.72. The molecule has 0 unspecified atom stereocenters. The minimum absolute atomic E-state index is 0.996. The molecule has 0 bridgehead atoms. The molecule has 2 rings (SSSR count). The van der Waals surface area contributed by atoms with E-state index in [2.05, 4.69) is 22.8 Å². The molecular weight excluding hydrogens is 190 g/mol. The Balaban J connectivity index is 1.62. The summed E-state index contributed by atoms with van der Waals surface area (Å²) < 4.78 is 0. The maximum atomic E-state index is 3.42. The smallest absolute Gasteiger partial charge is 0.00452 e. The molecule has 0 saturated carbocycles. The largest absolute Gasteiger partial charge is 0.317 e. The molecule has 2 heteroatoms. The van der Waals surface area contributed by atoms with Crippen molar-refractivity contribution in [2.24, 2.45) is 5.92 Å². The van der Waals surface area contributed by atoms with Crippen LogP contribution in [0.5, 0.6) is 0 Å². The molecule has 78 valence electrons. The van der Waals surface area contributed by atoms with Crippen molar-refractivity contribution < 1.29 is 0 Å². The Labute approximate surface area is 90.5 Å². The Kier molecular flexibility index (Phi) is 4.02. The molecule has 1 N–H and O–H groups in total. The molecule has 0 atom stereocenters. The molecule has 0 radical (unpaired) electrons. The predicted molar refractivity (Wildman–Crippen MR) is 62.9 cm³/mol. The summed E-state index contributed by atoms with van der Waals surface area (Å²) in [6.07, 6.45) is 6.89. The van der Waals surface area contributed by atoms with Gasteiger partial charge < -0.3 is 5.32 Å². The molecule has 0 amide bonds. The van der Waals surface area contributed by atoms with Gasteiger partial charge in [0.2, 0.25) is 0 Å². The van der Waals surface area contributed by atoms with Crippen molar-refractivity contribution in [1.29, 1.82) is 0 Å². The standard InChI is InChI=1S/C12H19NS/c1(4-12-5-2-10-14-12)3-11-6-8-13-9-7-11/h2,5,10-11,13H,1,3-4,6-9H2. The summed E-state index contributed by atoms with van der Waals surface area (Å²) in [7, 11) is 0. The van der Waals surface area contributed by atoms with E-state index in [0.717, 1.165) is 5.92 Å². The van der Waals surface area contributed by atoms with Gasteiger partial charge in [0.15, 0.2) is 0 Å². The molecule has 1 nitrogen and oxygen atoms in total. The average molecular weight is 209 g/mol. The molecule has 0 spiro atoms. The van der Waals surface area contributed by atoms with Gasteiger partial charge >= 0.3 is 0 Å². The number of piperidine rings is 1. The molecule has 1 aliphatic rings. The topological polar surface area (TPSA) is 12.0 Å². The SMILES string of the molecule is c1csc(CCCC2CCNCC2)c1. The first-order chi connectivity index (χ1) is 6.95. The van der Waals surface area contributed by atoms with Crippen molar-refractivity contribution in [2.45, 2.75) is 32.1 Å². The molecule has 1 aliphatic heterocycles. The molecule has 1 fully saturated rings. The molecule has 0 aromatic carbocycles. The number of hydrogen-bond donors (Lipinski definition) is 1. The highest BCUT2D eigenvalue weighted by molar-refractivity contribution is 7.09. The first-order valence-electron chi connectivity index (χ1n) is 5.68. The normalized spacial score (nSPS) is 18.6. The predicted octanol–water partition coefficient (Wildman–Crippen LogP) is 3.07. The lowest BCUT2D eigenvalue weighted by Gasteiger charge is -2.22. The molecular formula is C12H19NS. The van der Waals surface area contributed by atoms with Gasteiger partial charge in [-0.15, -0.1) is 11.3 Å². The zero-order chi connectivity index (χ0) is 9.64. The van der Waals surface area contributed by atoms with Crippen LogP contribution in [0.1, 0.15) is 30.6 Å². The molecule has 1 aromatic heterocycles. The van der Waals surface area contributed by atoms with Crippen molar-refractivity contribution >= 4 is 11.3 Å². The molecule has 2 heterocycles. The fourth-order valence-electron chi connectivity index (χ4n) is 2.19. The summed E-state index contributed by atoms with van der Waals surface area (Å²) in [5.41, 5.74) is 0. The van der Waals surface area contributed by atoms with Crippen molar-refractivity contribution in [3.63, 3.8) is 0 Å². The van der Waals surface area contributed by atoms with Gasteiger partial charge in [0.1, 0.15) is 0 Å². The third kappa shape index (κ3) is 3.10. The summed E-state index contributed by atoms with van der Waals surface area (Å²) in [5.74, 6) is 0.996. The fraction of sp³-hybridized carbons (Fsp3) is 0.667. The van der Waals surface area contributed by atoms with Gasteiger partial charge in [-0.3, -0.25) is 0 Å². The number of hydrogen-bond acceptors (Lipinski definition) is 2. The highest BCUT2D eigenvalue weighted by Crippen LogP contribution is 2.20. The minimum atomic E-state index is 0.996. The van der Waals surface area contributed by atoms with Crippen LogP contribution in [-0.4, -0.2) is 13.1 Å². The van der Waals surface area contributed by atoms with Crippen LogP contribution in [0.15, 0.2) is 17.5 Å². The summed E-state index contributed by atoms with van der Waals surface area (Å²) in [4.78, 5) is 1.55. The minimum Gasteiger partial charge on any atom is -0.317 e. The van der Waals surface area contributed by atoms with Crippen LogP contribution in [0.25, 0.3) is 0 Å². The van der Waals surface area contributed by atoms with E-state index in [4.69, 9.17) is 0 Å². The van der Waals surface area contributed by atoms with Crippen LogP contribution in [0, 0.1) is 5.92 Å². The second kappa shape index (κ2) is 5.52. The molecule has 1 saturated heterocycles. The summed E-state index contributed by atoms with van der Waals surface area (Å²) in [5, 5.41) is 5.60. The highest BCUT2D eigenvalue weighted by Gasteiger charge is 2.12. The van der Waals surface area contributed by atoms with Gasteiger partial charge in [-0.05, 0) is 56.1 Å². The second-order valence-corrected chi connectivity index (χ2v) is 5.20.